The van der Waals surface area contributed by atoms with E-state index < -0.39 is 11.9 Å². The van der Waals surface area contributed by atoms with Crippen LogP contribution in [0.1, 0.15) is 18.5 Å². The van der Waals surface area contributed by atoms with Crippen molar-refractivity contribution in [2.24, 2.45) is 5.92 Å². The largest absolute Gasteiger partial charge is 0.481 e. The molecule has 122 valence electrons. The van der Waals surface area contributed by atoms with Gasteiger partial charge in [0.2, 0.25) is 0 Å². The van der Waals surface area contributed by atoms with Gasteiger partial charge in [-0.25, -0.2) is 4.79 Å². The molecule has 0 bridgehead atoms. The van der Waals surface area contributed by atoms with Crippen molar-refractivity contribution in [1.29, 1.82) is 0 Å². The molecular weight excluding hydrogens is 308 g/mol. The standard InChI is InChI=1S/C15H21ClN2O4/c1-10(14(19)20)8-18(2)15(21)17-13(9-22-3)11-5-4-6-12(16)7-11/h4-7,10,13H,8-9H2,1-3H3,(H,17,21)(H,19,20). The summed E-state index contributed by atoms with van der Waals surface area (Å²) < 4.78 is 5.13. The second-order valence-corrected chi connectivity index (χ2v) is 5.57. The van der Waals surface area contributed by atoms with E-state index in [1.54, 1.807) is 39.3 Å². The predicted octanol–water partition coefficient (Wildman–Crippen LogP) is 2.39. The van der Waals surface area contributed by atoms with Crippen LogP contribution in [0.5, 0.6) is 0 Å². The molecule has 0 saturated carbocycles. The molecule has 2 amide bonds. The molecular formula is C15H21ClN2O4. The van der Waals surface area contributed by atoms with E-state index in [4.69, 9.17) is 21.4 Å². The van der Waals surface area contributed by atoms with Crippen LogP contribution in [0.15, 0.2) is 24.3 Å². The monoisotopic (exact) mass is 328 g/mol. The van der Waals surface area contributed by atoms with Crippen LogP contribution in [-0.2, 0) is 9.53 Å². The quantitative estimate of drug-likeness (QED) is 0.805. The smallest absolute Gasteiger partial charge is 0.317 e. The third-order valence-corrected chi connectivity index (χ3v) is 3.43. The SMILES string of the molecule is COCC(NC(=O)N(C)CC(C)C(=O)O)c1cccc(Cl)c1. The average molecular weight is 329 g/mol. The molecule has 1 aromatic rings. The molecule has 0 aliphatic rings. The van der Waals surface area contributed by atoms with Crippen LogP contribution in [-0.4, -0.2) is 49.3 Å². The van der Waals surface area contributed by atoms with Crippen molar-refractivity contribution in [2.45, 2.75) is 13.0 Å². The minimum absolute atomic E-state index is 0.121. The van der Waals surface area contributed by atoms with Gasteiger partial charge < -0.3 is 20.1 Å². The molecule has 1 aromatic carbocycles. The molecule has 2 N–H and O–H groups in total. The van der Waals surface area contributed by atoms with Crippen molar-refractivity contribution in [3.63, 3.8) is 0 Å². The van der Waals surface area contributed by atoms with E-state index in [-0.39, 0.29) is 25.2 Å². The molecule has 0 aliphatic heterocycles. The van der Waals surface area contributed by atoms with Gasteiger partial charge in [0.1, 0.15) is 0 Å². The van der Waals surface area contributed by atoms with Gasteiger partial charge in [-0.15, -0.1) is 0 Å². The van der Waals surface area contributed by atoms with E-state index in [0.29, 0.717) is 5.02 Å². The highest BCUT2D eigenvalue weighted by Crippen LogP contribution is 2.18. The Morgan fingerprint density at radius 3 is 2.68 bits per heavy atom. The van der Waals surface area contributed by atoms with Gasteiger partial charge in [-0.1, -0.05) is 30.7 Å². The highest BCUT2D eigenvalue weighted by Gasteiger charge is 2.20. The molecule has 0 aromatic heterocycles. The van der Waals surface area contributed by atoms with Gasteiger partial charge in [0.15, 0.2) is 0 Å². The molecule has 0 radical (unpaired) electrons. The number of hydrogen-bond donors (Lipinski definition) is 2. The molecule has 0 heterocycles. The summed E-state index contributed by atoms with van der Waals surface area (Å²) >= 11 is 5.96. The number of hydrogen-bond acceptors (Lipinski definition) is 3. The van der Waals surface area contributed by atoms with Crippen molar-refractivity contribution in [2.75, 3.05) is 27.3 Å². The summed E-state index contributed by atoms with van der Waals surface area (Å²) in [5.41, 5.74) is 0.822. The predicted molar refractivity (Wildman–Crippen MR) is 84.0 cm³/mol. The van der Waals surface area contributed by atoms with Crippen LogP contribution >= 0.6 is 11.6 Å². The lowest BCUT2D eigenvalue weighted by Gasteiger charge is -2.24. The Morgan fingerprint density at radius 1 is 1.45 bits per heavy atom. The fourth-order valence-corrected chi connectivity index (χ4v) is 2.14. The lowest BCUT2D eigenvalue weighted by molar-refractivity contribution is -0.141. The van der Waals surface area contributed by atoms with Crippen LogP contribution in [0.3, 0.4) is 0 Å². The van der Waals surface area contributed by atoms with Crippen LogP contribution in [0.25, 0.3) is 0 Å². The zero-order valence-corrected chi connectivity index (χ0v) is 13.6. The fraction of sp³-hybridized carbons (Fsp3) is 0.467. The molecule has 1 rings (SSSR count). The highest BCUT2D eigenvalue weighted by molar-refractivity contribution is 6.30. The molecule has 0 aliphatic carbocycles. The first-order valence-electron chi connectivity index (χ1n) is 6.84. The first-order chi connectivity index (χ1) is 10.3. The third kappa shape index (κ3) is 5.54. The molecule has 22 heavy (non-hydrogen) atoms. The van der Waals surface area contributed by atoms with Crippen molar-refractivity contribution in [3.8, 4) is 0 Å². The highest BCUT2D eigenvalue weighted by atomic mass is 35.5. The topological polar surface area (TPSA) is 78.9 Å². The Labute approximate surface area is 135 Å². The summed E-state index contributed by atoms with van der Waals surface area (Å²) in [6.07, 6.45) is 0. The Morgan fingerprint density at radius 2 is 2.14 bits per heavy atom. The zero-order chi connectivity index (χ0) is 16.7. The number of urea groups is 1. The maximum absolute atomic E-state index is 12.2. The maximum Gasteiger partial charge on any atom is 0.317 e. The second kappa shape index (κ2) is 8.60. The first-order valence-corrected chi connectivity index (χ1v) is 7.21. The van der Waals surface area contributed by atoms with Crippen molar-refractivity contribution >= 4 is 23.6 Å². The number of nitrogens with zero attached hydrogens (tertiary/aromatic N) is 1. The fourth-order valence-electron chi connectivity index (χ4n) is 1.94. The van der Waals surface area contributed by atoms with E-state index in [9.17, 15) is 9.59 Å². The Hall–Kier alpha value is -1.79. The number of nitrogens with one attached hydrogen (secondary N) is 1. The van der Waals surface area contributed by atoms with E-state index in [2.05, 4.69) is 5.32 Å². The Kier molecular flexibility index (Phi) is 7.14. The third-order valence-electron chi connectivity index (χ3n) is 3.20. The molecule has 0 saturated heterocycles. The van der Waals surface area contributed by atoms with Crippen molar-refractivity contribution in [1.82, 2.24) is 10.2 Å². The zero-order valence-electron chi connectivity index (χ0n) is 12.9. The summed E-state index contributed by atoms with van der Waals surface area (Å²) in [6, 6.07) is 6.41. The van der Waals surface area contributed by atoms with Crippen molar-refractivity contribution < 1.29 is 19.4 Å². The second-order valence-electron chi connectivity index (χ2n) is 5.13. The van der Waals surface area contributed by atoms with E-state index in [1.807, 2.05) is 6.07 Å². The van der Waals surface area contributed by atoms with Gasteiger partial charge in [-0.2, -0.15) is 0 Å². The van der Waals surface area contributed by atoms with Gasteiger partial charge >= 0.3 is 12.0 Å². The molecule has 2 atom stereocenters. The van der Waals surface area contributed by atoms with Crippen LogP contribution in [0.4, 0.5) is 4.79 Å². The summed E-state index contributed by atoms with van der Waals surface area (Å²) in [5.74, 6) is -1.58. The lowest BCUT2D eigenvalue weighted by Crippen LogP contribution is -2.43. The summed E-state index contributed by atoms with van der Waals surface area (Å²) in [7, 11) is 3.09. The van der Waals surface area contributed by atoms with E-state index in [0.717, 1.165) is 5.56 Å². The Balaban J connectivity index is 2.74. The number of carboxylic acids is 1. The summed E-state index contributed by atoms with van der Waals surface area (Å²) in [6.45, 7) is 1.96. The molecule has 6 nitrogen and oxygen atoms in total. The van der Waals surface area contributed by atoms with Gasteiger partial charge in [0.05, 0.1) is 18.6 Å². The van der Waals surface area contributed by atoms with Gasteiger partial charge in [-0.3, -0.25) is 4.79 Å². The van der Waals surface area contributed by atoms with Gasteiger partial charge in [-0.05, 0) is 17.7 Å². The minimum atomic E-state index is -0.942. The first kappa shape index (κ1) is 18.3. The molecule has 7 heteroatoms. The molecule has 0 spiro atoms. The molecule has 0 fully saturated rings. The number of carbonyl (C=O) groups excluding carboxylic acids is 1. The number of amides is 2. The van der Waals surface area contributed by atoms with Crippen molar-refractivity contribution in [3.05, 3.63) is 34.9 Å². The van der Waals surface area contributed by atoms with Gasteiger partial charge in [0, 0.05) is 25.7 Å². The number of benzene rings is 1. The number of rotatable bonds is 7. The lowest BCUT2D eigenvalue weighted by atomic mass is 10.1. The summed E-state index contributed by atoms with van der Waals surface area (Å²) in [4.78, 5) is 24.4. The summed E-state index contributed by atoms with van der Waals surface area (Å²) in [5, 5.41) is 12.3. The van der Waals surface area contributed by atoms with E-state index in [1.165, 1.54) is 4.90 Å². The average Bonchev–Trinajstić information content (AvgIpc) is 2.46. The van der Waals surface area contributed by atoms with Gasteiger partial charge in [0.25, 0.3) is 0 Å². The van der Waals surface area contributed by atoms with E-state index >= 15 is 0 Å². The van der Waals surface area contributed by atoms with Crippen LogP contribution in [0, 0.1) is 5.92 Å². The maximum atomic E-state index is 12.2. The normalized spacial score (nSPS) is 13.3. The number of halogens is 1. The van der Waals surface area contributed by atoms with Crippen LogP contribution < -0.4 is 5.32 Å². The minimum Gasteiger partial charge on any atom is -0.481 e. The molecule has 2 unspecified atom stereocenters. The number of carbonyl (C=O) groups is 2. The van der Waals surface area contributed by atoms with Crippen LogP contribution in [0.2, 0.25) is 5.02 Å². The number of aliphatic carboxylic acids is 1. The Bertz CT molecular complexity index is 524. The number of carboxylic acid groups (broad SMARTS) is 1. The number of ether oxygens (including phenoxy) is 1. The number of methoxy groups -OCH3 is 1.